The molecular formula is C22H17F2N3O. The number of hydrogen-bond donors (Lipinski definition) is 2. The van der Waals surface area contributed by atoms with Crippen molar-refractivity contribution in [3.8, 4) is 0 Å². The van der Waals surface area contributed by atoms with E-state index in [1.165, 1.54) is 6.07 Å². The summed E-state index contributed by atoms with van der Waals surface area (Å²) in [6.07, 6.45) is -2.69. The van der Waals surface area contributed by atoms with Crippen LogP contribution in [0.1, 0.15) is 39.8 Å². The van der Waals surface area contributed by atoms with Crippen molar-refractivity contribution in [2.75, 3.05) is 0 Å². The fourth-order valence-corrected chi connectivity index (χ4v) is 3.14. The Balaban J connectivity index is 1.65. The lowest BCUT2D eigenvalue weighted by Crippen LogP contribution is -2.29. The number of halogens is 2. The fraction of sp³-hybridized carbons (Fsp3) is 0.0909. The van der Waals surface area contributed by atoms with Crippen LogP contribution in [0.3, 0.4) is 0 Å². The van der Waals surface area contributed by atoms with Gasteiger partial charge in [0.2, 0.25) is 0 Å². The highest BCUT2D eigenvalue weighted by molar-refractivity contribution is 5.97. The number of aromatic nitrogens is 2. The van der Waals surface area contributed by atoms with Gasteiger partial charge in [-0.3, -0.25) is 4.79 Å². The van der Waals surface area contributed by atoms with Gasteiger partial charge in [0.05, 0.1) is 17.1 Å². The molecular weight excluding hydrogens is 360 g/mol. The number of alkyl halides is 2. The van der Waals surface area contributed by atoms with Crippen LogP contribution in [0.4, 0.5) is 8.78 Å². The van der Waals surface area contributed by atoms with Gasteiger partial charge >= 0.3 is 0 Å². The Bertz CT molecular complexity index is 1060. The van der Waals surface area contributed by atoms with Gasteiger partial charge in [-0.1, -0.05) is 60.7 Å². The molecule has 1 aromatic heterocycles. The van der Waals surface area contributed by atoms with E-state index >= 15 is 0 Å². The van der Waals surface area contributed by atoms with Crippen LogP contribution < -0.4 is 5.32 Å². The number of fused-ring (bicyclic) bond motifs is 1. The number of nitrogens with one attached hydrogen (secondary N) is 2. The first-order chi connectivity index (χ1) is 13.6. The zero-order valence-corrected chi connectivity index (χ0v) is 14.8. The normalized spacial score (nSPS) is 11.3. The minimum Gasteiger partial charge on any atom is -0.341 e. The van der Waals surface area contributed by atoms with Crippen LogP contribution in [-0.2, 0) is 0 Å². The van der Waals surface area contributed by atoms with Gasteiger partial charge in [-0.15, -0.1) is 0 Å². The summed E-state index contributed by atoms with van der Waals surface area (Å²) in [6, 6.07) is 23.7. The van der Waals surface area contributed by atoms with Crippen molar-refractivity contribution >= 4 is 16.9 Å². The third kappa shape index (κ3) is 3.62. The third-order valence-electron chi connectivity index (χ3n) is 4.51. The predicted octanol–water partition coefficient (Wildman–Crippen LogP) is 5.02. The Hall–Kier alpha value is -3.54. The molecule has 0 radical (unpaired) electrons. The van der Waals surface area contributed by atoms with Crippen molar-refractivity contribution in [1.82, 2.24) is 15.3 Å². The van der Waals surface area contributed by atoms with Crippen LogP contribution in [0.25, 0.3) is 11.0 Å². The van der Waals surface area contributed by atoms with Crippen LogP contribution in [0, 0.1) is 0 Å². The smallest absolute Gasteiger partial charge is 0.295 e. The van der Waals surface area contributed by atoms with E-state index in [4.69, 9.17) is 0 Å². The zero-order valence-electron chi connectivity index (χ0n) is 14.8. The van der Waals surface area contributed by atoms with Gasteiger partial charge in [0.25, 0.3) is 12.3 Å². The maximum atomic E-state index is 12.9. The first-order valence-corrected chi connectivity index (χ1v) is 8.80. The van der Waals surface area contributed by atoms with Crippen LogP contribution in [-0.4, -0.2) is 15.9 Å². The fourth-order valence-electron chi connectivity index (χ4n) is 3.14. The number of rotatable bonds is 5. The SMILES string of the molecule is O=C(NC(c1ccccc1)c1ccccc1)c1ccc2nc(C(F)F)[nH]c2c1. The maximum Gasteiger partial charge on any atom is 0.295 e. The minimum absolute atomic E-state index is 0.298. The summed E-state index contributed by atoms with van der Waals surface area (Å²) in [7, 11) is 0. The van der Waals surface area contributed by atoms with E-state index in [0.29, 0.717) is 16.6 Å². The summed E-state index contributed by atoms with van der Waals surface area (Å²) in [6.45, 7) is 0. The third-order valence-corrected chi connectivity index (χ3v) is 4.51. The van der Waals surface area contributed by atoms with E-state index in [-0.39, 0.29) is 11.9 Å². The Morgan fingerprint density at radius 1 is 0.893 bits per heavy atom. The number of carbonyl (C=O) groups is 1. The Morgan fingerprint density at radius 2 is 1.50 bits per heavy atom. The molecule has 0 fully saturated rings. The molecule has 4 rings (SSSR count). The first-order valence-electron chi connectivity index (χ1n) is 8.80. The molecule has 140 valence electrons. The van der Waals surface area contributed by atoms with Crippen molar-refractivity contribution in [3.05, 3.63) is 101 Å². The molecule has 0 aliphatic heterocycles. The van der Waals surface area contributed by atoms with E-state index < -0.39 is 12.2 Å². The van der Waals surface area contributed by atoms with E-state index in [9.17, 15) is 13.6 Å². The van der Waals surface area contributed by atoms with Gasteiger partial charge in [0, 0.05) is 5.56 Å². The molecule has 0 atom stereocenters. The van der Waals surface area contributed by atoms with Gasteiger partial charge in [0.1, 0.15) is 0 Å². The van der Waals surface area contributed by atoms with E-state index in [1.54, 1.807) is 12.1 Å². The number of carbonyl (C=O) groups excluding carboxylic acids is 1. The van der Waals surface area contributed by atoms with E-state index in [2.05, 4.69) is 15.3 Å². The summed E-state index contributed by atoms with van der Waals surface area (Å²) in [5.41, 5.74) is 3.07. The summed E-state index contributed by atoms with van der Waals surface area (Å²) < 4.78 is 25.7. The summed E-state index contributed by atoms with van der Waals surface area (Å²) >= 11 is 0. The number of H-pyrrole nitrogens is 1. The lowest BCUT2D eigenvalue weighted by molar-refractivity contribution is 0.0943. The van der Waals surface area contributed by atoms with Crippen molar-refractivity contribution < 1.29 is 13.6 Å². The Labute approximate surface area is 160 Å². The van der Waals surface area contributed by atoms with Crippen LogP contribution in [0.15, 0.2) is 78.9 Å². The molecule has 1 amide bonds. The summed E-state index contributed by atoms with van der Waals surface area (Å²) in [4.78, 5) is 19.3. The summed E-state index contributed by atoms with van der Waals surface area (Å²) in [5.74, 6) is -0.702. The molecule has 28 heavy (non-hydrogen) atoms. The second kappa shape index (κ2) is 7.60. The molecule has 0 unspecified atom stereocenters. The molecule has 0 saturated heterocycles. The van der Waals surface area contributed by atoms with E-state index in [1.807, 2.05) is 60.7 Å². The molecule has 6 heteroatoms. The van der Waals surface area contributed by atoms with Crippen molar-refractivity contribution in [3.63, 3.8) is 0 Å². The van der Waals surface area contributed by atoms with E-state index in [0.717, 1.165) is 11.1 Å². The van der Waals surface area contributed by atoms with Crippen molar-refractivity contribution in [2.45, 2.75) is 12.5 Å². The second-order valence-electron chi connectivity index (χ2n) is 6.38. The zero-order chi connectivity index (χ0) is 19.5. The number of nitrogens with zero attached hydrogens (tertiary/aromatic N) is 1. The topological polar surface area (TPSA) is 57.8 Å². The lowest BCUT2D eigenvalue weighted by atomic mass is 9.98. The standard InChI is InChI=1S/C22H17F2N3O/c23-20(24)21-25-17-12-11-16(13-18(17)26-21)22(28)27-19(14-7-3-1-4-8-14)15-9-5-2-6-10-15/h1-13,19-20H,(H,25,26)(H,27,28). The quantitative estimate of drug-likeness (QED) is 0.513. The molecule has 0 aliphatic carbocycles. The molecule has 3 aromatic carbocycles. The average Bonchev–Trinajstić information content (AvgIpc) is 3.17. The molecule has 0 spiro atoms. The van der Waals surface area contributed by atoms with Gasteiger partial charge in [-0.25, -0.2) is 13.8 Å². The van der Waals surface area contributed by atoms with Gasteiger partial charge in [0.15, 0.2) is 5.82 Å². The monoisotopic (exact) mass is 377 g/mol. The summed E-state index contributed by atoms with van der Waals surface area (Å²) in [5, 5.41) is 3.04. The molecule has 0 bridgehead atoms. The largest absolute Gasteiger partial charge is 0.341 e. The molecule has 4 nitrogen and oxygen atoms in total. The van der Waals surface area contributed by atoms with Crippen LogP contribution in [0.2, 0.25) is 0 Å². The van der Waals surface area contributed by atoms with Crippen molar-refractivity contribution in [2.24, 2.45) is 0 Å². The highest BCUT2D eigenvalue weighted by Gasteiger charge is 2.19. The maximum absolute atomic E-state index is 12.9. The number of amides is 1. The average molecular weight is 377 g/mol. The van der Waals surface area contributed by atoms with Crippen molar-refractivity contribution in [1.29, 1.82) is 0 Å². The number of imidazole rings is 1. The van der Waals surface area contributed by atoms with Gasteiger partial charge in [-0.2, -0.15) is 0 Å². The first kappa shape index (κ1) is 17.9. The highest BCUT2D eigenvalue weighted by Crippen LogP contribution is 2.24. The number of aromatic amines is 1. The molecule has 0 aliphatic rings. The highest BCUT2D eigenvalue weighted by atomic mass is 19.3. The Morgan fingerprint density at radius 3 is 2.07 bits per heavy atom. The molecule has 0 saturated carbocycles. The molecule has 1 heterocycles. The number of benzene rings is 3. The number of hydrogen-bond acceptors (Lipinski definition) is 2. The Kier molecular flexibility index (Phi) is 4.85. The molecule has 4 aromatic rings. The molecule has 2 N–H and O–H groups in total. The second-order valence-corrected chi connectivity index (χ2v) is 6.38. The van der Waals surface area contributed by atoms with Gasteiger partial charge in [-0.05, 0) is 29.3 Å². The van der Waals surface area contributed by atoms with Crippen LogP contribution >= 0.6 is 0 Å². The van der Waals surface area contributed by atoms with Crippen LogP contribution in [0.5, 0.6) is 0 Å². The predicted molar refractivity (Wildman–Crippen MR) is 103 cm³/mol. The minimum atomic E-state index is -2.69. The lowest BCUT2D eigenvalue weighted by Gasteiger charge is -2.20. The van der Waals surface area contributed by atoms with Gasteiger partial charge < -0.3 is 10.3 Å².